The van der Waals surface area contributed by atoms with Crippen molar-refractivity contribution in [3.8, 4) is 0 Å². The Bertz CT molecular complexity index is 705. The van der Waals surface area contributed by atoms with Crippen molar-refractivity contribution < 1.29 is 4.79 Å². The van der Waals surface area contributed by atoms with E-state index in [1.807, 2.05) is 0 Å². The molecule has 118 valence electrons. The van der Waals surface area contributed by atoms with Crippen molar-refractivity contribution >= 4 is 17.5 Å². The second kappa shape index (κ2) is 6.35. The lowest BCUT2D eigenvalue weighted by molar-refractivity contribution is -0.135. The van der Waals surface area contributed by atoms with Gasteiger partial charge in [-0.2, -0.15) is 10.2 Å². The number of hydrogen-bond donors (Lipinski definition) is 2. The van der Waals surface area contributed by atoms with Gasteiger partial charge >= 0.3 is 5.69 Å². The van der Waals surface area contributed by atoms with E-state index in [1.165, 1.54) is 0 Å². The maximum Gasteiger partial charge on any atom is 0.340 e. The van der Waals surface area contributed by atoms with Crippen molar-refractivity contribution in [2.45, 2.75) is 38.3 Å². The van der Waals surface area contributed by atoms with Crippen LogP contribution >= 0.6 is 11.6 Å². The van der Waals surface area contributed by atoms with Crippen molar-refractivity contribution in [3.63, 3.8) is 0 Å². The zero-order valence-electron chi connectivity index (χ0n) is 12.0. The fraction of sp³-hybridized carbons (Fsp3) is 0.538. The van der Waals surface area contributed by atoms with Gasteiger partial charge in [-0.05, 0) is 19.3 Å². The molecule has 0 saturated carbocycles. The fourth-order valence-corrected chi connectivity index (χ4v) is 2.93. The van der Waals surface area contributed by atoms with Gasteiger partial charge in [0.15, 0.2) is 5.82 Å². The smallest absolute Gasteiger partial charge is 0.332 e. The van der Waals surface area contributed by atoms with Gasteiger partial charge < -0.3 is 4.90 Å². The average molecular weight is 325 g/mol. The summed E-state index contributed by atoms with van der Waals surface area (Å²) in [5, 5.41) is 10.9. The summed E-state index contributed by atoms with van der Waals surface area (Å²) in [4.78, 5) is 28.2. The van der Waals surface area contributed by atoms with Gasteiger partial charge in [0, 0.05) is 25.7 Å². The van der Waals surface area contributed by atoms with Crippen LogP contribution in [0.3, 0.4) is 0 Å². The van der Waals surface area contributed by atoms with Crippen LogP contribution in [-0.2, 0) is 11.3 Å². The van der Waals surface area contributed by atoms with Gasteiger partial charge in [0.2, 0.25) is 5.91 Å². The van der Waals surface area contributed by atoms with E-state index in [2.05, 4.69) is 20.3 Å². The van der Waals surface area contributed by atoms with Gasteiger partial charge in [-0.1, -0.05) is 11.6 Å². The fourth-order valence-electron chi connectivity index (χ4n) is 2.77. The van der Waals surface area contributed by atoms with Crippen LogP contribution in [0.25, 0.3) is 0 Å². The molecule has 1 aliphatic heterocycles. The SMILES string of the molecule is O=C(CCn1cc(Cl)cn1)N1CCCCC1c1n[nH]c(=O)[nH]1. The molecule has 22 heavy (non-hydrogen) atoms. The number of H-pyrrole nitrogens is 2. The zero-order valence-corrected chi connectivity index (χ0v) is 12.7. The molecule has 2 aromatic heterocycles. The van der Waals surface area contributed by atoms with Crippen LogP contribution in [0.2, 0.25) is 5.02 Å². The third-order valence-electron chi connectivity index (χ3n) is 3.81. The third kappa shape index (κ3) is 3.22. The van der Waals surface area contributed by atoms with E-state index in [0.717, 1.165) is 19.3 Å². The molecule has 0 aromatic carbocycles. The van der Waals surface area contributed by atoms with E-state index in [4.69, 9.17) is 11.6 Å². The lowest BCUT2D eigenvalue weighted by atomic mass is 10.0. The average Bonchev–Trinajstić information content (AvgIpc) is 3.13. The Labute approximate surface area is 131 Å². The van der Waals surface area contributed by atoms with Crippen molar-refractivity contribution in [1.29, 1.82) is 0 Å². The first-order valence-corrected chi connectivity index (χ1v) is 7.63. The molecule has 1 aliphatic rings. The number of hydrogen-bond acceptors (Lipinski definition) is 4. The number of aromatic nitrogens is 5. The summed E-state index contributed by atoms with van der Waals surface area (Å²) >= 11 is 5.81. The molecule has 1 atom stereocenters. The number of halogens is 1. The van der Waals surface area contributed by atoms with Crippen molar-refractivity contribution in [2.24, 2.45) is 0 Å². The minimum Gasteiger partial charge on any atom is -0.332 e. The molecule has 3 heterocycles. The largest absolute Gasteiger partial charge is 0.340 e. The van der Waals surface area contributed by atoms with Gasteiger partial charge in [-0.3, -0.25) is 14.5 Å². The number of likely N-dealkylation sites (tertiary alicyclic amines) is 1. The van der Waals surface area contributed by atoms with E-state index < -0.39 is 0 Å². The number of amides is 1. The predicted molar refractivity (Wildman–Crippen MR) is 79.4 cm³/mol. The monoisotopic (exact) mass is 324 g/mol. The quantitative estimate of drug-likeness (QED) is 0.879. The first-order chi connectivity index (χ1) is 10.6. The number of piperidine rings is 1. The van der Waals surface area contributed by atoms with Gasteiger partial charge in [-0.15, -0.1) is 0 Å². The molecule has 9 heteroatoms. The molecule has 0 bridgehead atoms. The maximum absolute atomic E-state index is 12.5. The number of aryl methyl sites for hydroxylation is 1. The Morgan fingerprint density at radius 3 is 3.00 bits per heavy atom. The zero-order chi connectivity index (χ0) is 15.5. The van der Waals surface area contributed by atoms with Crippen LogP contribution in [0.15, 0.2) is 17.2 Å². The second-order valence-corrected chi connectivity index (χ2v) is 5.77. The number of carbonyl (C=O) groups is 1. The molecular weight excluding hydrogens is 308 g/mol. The number of rotatable bonds is 4. The Kier molecular flexibility index (Phi) is 4.28. The van der Waals surface area contributed by atoms with Gasteiger partial charge in [0.25, 0.3) is 0 Å². The highest BCUT2D eigenvalue weighted by molar-refractivity contribution is 6.30. The van der Waals surface area contributed by atoms with Gasteiger partial charge in [-0.25, -0.2) is 9.89 Å². The van der Waals surface area contributed by atoms with E-state index in [9.17, 15) is 9.59 Å². The van der Waals surface area contributed by atoms with E-state index >= 15 is 0 Å². The molecule has 0 spiro atoms. The molecular formula is C13H17ClN6O2. The Hall–Kier alpha value is -2.09. The molecule has 0 aliphatic carbocycles. The minimum atomic E-state index is -0.348. The highest BCUT2D eigenvalue weighted by Gasteiger charge is 2.29. The van der Waals surface area contributed by atoms with Crippen molar-refractivity contribution in [3.05, 3.63) is 33.7 Å². The highest BCUT2D eigenvalue weighted by Crippen LogP contribution is 2.28. The van der Waals surface area contributed by atoms with E-state index in [0.29, 0.717) is 30.4 Å². The molecule has 1 amide bonds. The first kappa shape index (κ1) is 14.8. The lowest BCUT2D eigenvalue weighted by Crippen LogP contribution is -2.39. The molecule has 1 unspecified atom stereocenters. The summed E-state index contributed by atoms with van der Waals surface area (Å²) in [6.07, 6.45) is 6.35. The molecule has 3 rings (SSSR count). The summed E-state index contributed by atoms with van der Waals surface area (Å²) in [6, 6.07) is -0.165. The summed E-state index contributed by atoms with van der Waals surface area (Å²) in [7, 11) is 0. The molecule has 1 saturated heterocycles. The Morgan fingerprint density at radius 1 is 1.45 bits per heavy atom. The van der Waals surface area contributed by atoms with E-state index in [1.54, 1.807) is 22.0 Å². The van der Waals surface area contributed by atoms with Crippen LogP contribution in [0, 0.1) is 0 Å². The predicted octanol–water partition coefficient (Wildman–Crippen LogP) is 1.09. The maximum atomic E-state index is 12.5. The Morgan fingerprint density at radius 2 is 2.32 bits per heavy atom. The van der Waals surface area contributed by atoms with Crippen LogP contribution in [0.4, 0.5) is 0 Å². The van der Waals surface area contributed by atoms with Crippen LogP contribution in [0.1, 0.15) is 37.5 Å². The number of aromatic amines is 2. The molecule has 2 aromatic rings. The second-order valence-electron chi connectivity index (χ2n) is 5.33. The lowest BCUT2D eigenvalue weighted by Gasteiger charge is -2.34. The number of carbonyl (C=O) groups excluding carboxylic acids is 1. The summed E-state index contributed by atoms with van der Waals surface area (Å²) in [5.74, 6) is 0.556. The third-order valence-corrected chi connectivity index (χ3v) is 4.01. The van der Waals surface area contributed by atoms with Crippen molar-refractivity contribution in [1.82, 2.24) is 29.9 Å². The summed E-state index contributed by atoms with van der Waals surface area (Å²) in [6.45, 7) is 1.16. The normalized spacial score (nSPS) is 18.6. The molecule has 2 N–H and O–H groups in total. The standard InChI is InChI=1S/C13H17ClN6O2/c14-9-7-15-19(8-9)6-4-11(21)20-5-2-1-3-10(20)12-16-13(22)18-17-12/h7-8,10H,1-6H2,(H2,16,17,18,22). The summed E-state index contributed by atoms with van der Waals surface area (Å²) < 4.78 is 1.65. The van der Waals surface area contributed by atoms with Crippen LogP contribution in [-0.4, -0.2) is 42.3 Å². The van der Waals surface area contributed by atoms with Crippen LogP contribution in [0.5, 0.6) is 0 Å². The molecule has 8 nitrogen and oxygen atoms in total. The van der Waals surface area contributed by atoms with Gasteiger partial charge in [0.1, 0.15) is 0 Å². The van der Waals surface area contributed by atoms with Crippen molar-refractivity contribution in [2.75, 3.05) is 6.54 Å². The highest BCUT2D eigenvalue weighted by atomic mass is 35.5. The number of nitrogens with one attached hydrogen (secondary N) is 2. The molecule has 1 fully saturated rings. The van der Waals surface area contributed by atoms with Gasteiger partial charge in [0.05, 0.1) is 17.3 Å². The Balaban J connectivity index is 1.67. The summed E-state index contributed by atoms with van der Waals surface area (Å²) in [5.41, 5.74) is -0.348. The van der Waals surface area contributed by atoms with Crippen LogP contribution < -0.4 is 5.69 Å². The first-order valence-electron chi connectivity index (χ1n) is 7.25. The topological polar surface area (TPSA) is 99.7 Å². The number of nitrogens with zero attached hydrogens (tertiary/aromatic N) is 4. The van der Waals surface area contributed by atoms with E-state index in [-0.39, 0.29) is 17.6 Å². The minimum absolute atomic E-state index is 0.0279. The molecule has 0 radical (unpaired) electrons.